The van der Waals surface area contributed by atoms with Gasteiger partial charge in [0.2, 0.25) is 34.8 Å². The Bertz CT molecular complexity index is 1620. The molecule has 204 valence electrons. The van der Waals surface area contributed by atoms with Gasteiger partial charge in [0, 0.05) is 5.92 Å². The van der Waals surface area contributed by atoms with Gasteiger partial charge in [-0.15, -0.1) is 0 Å². The highest BCUT2D eigenvalue weighted by Gasteiger charge is 2.31. The van der Waals surface area contributed by atoms with E-state index in [1.807, 2.05) is 48.5 Å². The first-order chi connectivity index (χ1) is 19.1. The molecule has 0 atom stereocenters. The predicted molar refractivity (Wildman–Crippen MR) is 135 cm³/mol. The van der Waals surface area contributed by atoms with Crippen molar-refractivity contribution in [3.05, 3.63) is 112 Å². The summed E-state index contributed by atoms with van der Waals surface area (Å²) in [5.41, 5.74) is 15.1. The summed E-state index contributed by atoms with van der Waals surface area (Å²) in [7, 11) is 0. The molecule has 0 unspecified atom stereocenters. The standard InChI is InChI=1S/C29H19F5N2O4/c30-22-23(31)25(33)28(26(34)24(22)32)40-20(37)11-13-9-10-19(35)27(36)21(13)29(38)39-12-18-16-7-3-1-5-14(16)15-6-2-4-8-17(15)18/h1-10,18H,11-12,35-36H2. The van der Waals surface area contributed by atoms with Crippen LogP contribution in [-0.4, -0.2) is 18.5 Å². The predicted octanol–water partition coefficient (Wildman–Crippen LogP) is 5.66. The summed E-state index contributed by atoms with van der Waals surface area (Å²) >= 11 is 0. The van der Waals surface area contributed by atoms with Gasteiger partial charge in [0.25, 0.3) is 0 Å². The molecule has 0 heterocycles. The molecule has 0 fully saturated rings. The summed E-state index contributed by atoms with van der Waals surface area (Å²) in [6.07, 6.45) is -0.830. The van der Waals surface area contributed by atoms with E-state index in [9.17, 15) is 31.5 Å². The second-order valence-corrected chi connectivity index (χ2v) is 8.98. The lowest BCUT2D eigenvalue weighted by atomic mass is 9.98. The smallest absolute Gasteiger partial charge is 0.340 e. The van der Waals surface area contributed by atoms with Crippen molar-refractivity contribution in [2.45, 2.75) is 12.3 Å². The van der Waals surface area contributed by atoms with Gasteiger partial charge in [-0.2, -0.15) is 8.78 Å². The number of nitrogens with two attached hydrogens (primary N) is 2. The van der Waals surface area contributed by atoms with Gasteiger partial charge in [0.1, 0.15) is 6.61 Å². The molecule has 0 spiro atoms. The van der Waals surface area contributed by atoms with Gasteiger partial charge < -0.3 is 20.9 Å². The number of benzene rings is 4. The van der Waals surface area contributed by atoms with Crippen LogP contribution in [0.15, 0.2) is 60.7 Å². The zero-order valence-electron chi connectivity index (χ0n) is 20.4. The molecule has 11 heteroatoms. The van der Waals surface area contributed by atoms with Crippen molar-refractivity contribution in [1.29, 1.82) is 0 Å². The van der Waals surface area contributed by atoms with E-state index < -0.39 is 53.2 Å². The number of hydrogen-bond acceptors (Lipinski definition) is 6. The number of halogens is 5. The molecule has 0 aromatic heterocycles. The Hall–Kier alpha value is -4.93. The number of carbonyl (C=O) groups is 2. The number of nitrogen functional groups attached to an aromatic ring is 2. The Morgan fingerprint density at radius 3 is 1.82 bits per heavy atom. The zero-order valence-corrected chi connectivity index (χ0v) is 20.4. The third kappa shape index (κ3) is 4.49. The fourth-order valence-electron chi connectivity index (χ4n) is 4.72. The third-order valence-electron chi connectivity index (χ3n) is 6.63. The molecule has 0 saturated heterocycles. The Morgan fingerprint density at radius 2 is 1.25 bits per heavy atom. The fraction of sp³-hybridized carbons (Fsp3) is 0.103. The minimum atomic E-state index is -2.40. The van der Waals surface area contributed by atoms with Crippen molar-refractivity contribution in [1.82, 2.24) is 0 Å². The molecular formula is C29H19F5N2O4. The summed E-state index contributed by atoms with van der Waals surface area (Å²) in [6.45, 7) is -0.0878. The number of fused-ring (bicyclic) bond motifs is 3. The highest BCUT2D eigenvalue weighted by Crippen LogP contribution is 2.44. The van der Waals surface area contributed by atoms with E-state index in [1.165, 1.54) is 12.1 Å². The summed E-state index contributed by atoms with van der Waals surface area (Å²) in [4.78, 5) is 25.7. The molecule has 40 heavy (non-hydrogen) atoms. The van der Waals surface area contributed by atoms with Gasteiger partial charge >= 0.3 is 11.9 Å². The number of ether oxygens (including phenoxy) is 2. The van der Waals surface area contributed by atoms with E-state index in [1.54, 1.807) is 0 Å². The number of hydrogen-bond donors (Lipinski definition) is 2. The normalized spacial score (nSPS) is 12.1. The van der Waals surface area contributed by atoms with Gasteiger partial charge in [-0.05, 0) is 33.9 Å². The summed E-state index contributed by atoms with van der Waals surface area (Å²) in [6, 6.07) is 17.8. The molecule has 0 amide bonds. The molecule has 0 bridgehead atoms. The number of anilines is 2. The van der Waals surface area contributed by atoms with Gasteiger partial charge in [-0.25, -0.2) is 18.0 Å². The summed E-state index contributed by atoms with van der Waals surface area (Å²) in [5, 5.41) is 0. The van der Waals surface area contributed by atoms with Crippen molar-refractivity contribution in [2.24, 2.45) is 0 Å². The van der Waals surface area contributed by atoms with Crippen LogP contribution in [-0.2, 0) is 16.0 Å². The van der Waals surface area contributed by atoms with Crippen LogP contribution in [0.4, 0.5) is 33.3 Å². The van der Waals surface area contributed by atoms with Crippen LogP contribution in [0.2, 0.25) is 0 Å². The first-order valence-corrected chi connectivity index (χ1v) is 11.8. The van der Waals surface area contributed by atoms with E-state index in [2.05, 4.69) is 4.74 Å². The largest absolute Gasteiger partial charge is 0.461 e. The Balaban J connectivity index is 1.39. The van der Waals surface area contributed by atoms with Crippen molar-refractivity contribution in [3.8, 4) is 16.9 Å². The van der Waals surface area contributed by atoms with Crippen molar-refractivity contribution in [3.63, 3.8) is 0 Å². The maximum atomic E-state index is 14.0. The van der Waals surface area contributed by atoms with Crippen molar-refractivity contribution in [2.75, 3.05) is 18.1 Å². The lowest BCUT2D eigenvalue weighted by Gasteiger charge is -2.17. The van der Waals surface area contributed by atoms with E-state index in [0.717, 1.165) is 22.3 Å². The monoisotopic (exact) mass is 554 g/mol. The first kappa shape index (κ1) is 26.7. The van der Waals surface area contributed by atoms with Gasteiger partial charge in [0.15, 0.2) is 0 Å². The average molecular weight is 554 g/mol. The summed E-state index contributed by atoms with van der Waals surface area (Å²) in [5.74, 6) is -16.0. The van der Waals surface area contributed by atoms with Crippen LogP contribution >= 0.6 is 0 Å². The van der Waals surface area contributed by atoms with Crippen LogP contribution in [0.1, 0.15) is 33.0 Å². The molecule has 6 nitrogen and oxygen atoms in total. The Morgan fingerprint density at radius 1 is 0.725 bits per heavy atom. The second-order valence-electron chi connectivity index (χ2n) is 8.98. The molecule has 5 rings (SSSR count). The molecule has 0 aliphatic heterocycles. The number of esters is 2. The van der Waals surface area contributed by atoms with Crippen LogP contribution in [0.5, 0.6) is 5.75 Å². The lowest BCUT2D eigenvalue weighted by Crippen LogP contribution is -2.20. The zero-order chi connectivity index (χ0) is 28.7. The third-order valence-corrected chi connectivity index (χ3v) is 6.63. The Kier molecular flexibility index (Phi) is 6.88. The van der Waals surface area contributed by atoms with E-state index in [4.69, 9.17) is 16.2 Å². The average Bonchev–Trinajstić information content (AvgIpc) is 3.27. The molecule has 4 aromatic rings. The maximum Gasteiger partial charge on any atom is 0.340 e. The molecule has 4 aromatic carbocycles. The van der Waals surface area contributed by atoms with Crippen molar-refractivity contribution >= 4 is 23.3 Å². The molecular weight excluding hydrogens is 535 g/mol. The topological polar surface area (TPSA) is 105 Å². The van der Waals surface area contributed by atoms with Gasteiger partial charge in [0.05, 0.1) is 23.4 Å². The lowest BCUT2D eigenvalue weighted by molar-refractivity contribution is -0.134. The number of carbonyl (C=O) groups excluding carboxylic acids is 2. The SMILES string of the molecule is Nc1ccc(CC(=O)Oc2c(F)c(F)c(F)c(F)c2F)c(C(=O)OCC2c3ccccc3-c3ccccc32)c1N. The Labute approximate surface area is 223 Å². The molecule has 1 aliphatic carbocycles. The highest BCUT2D eigenvalue weighted by atomic mass is 19.2. The van der Waals surface area contributed by atoms with Crippen LogP contribution in [0, 0.1) is 29.1 Å². The fourth-order valence-corrected chi connectivity index (χ4v) is 4.72. The second kappa shape index (κ2) is 10.3. The van der Waals surface area contributed by atoms with Gasteiger partial charge in [-0.3, -0.25) is 4.79 Å². The highest BCUT2D eigenvalue weighted by molar-refractivity contribution is 6.01. The summed E-state index contributed by atoms with van der Waals surface area (Å²) < 4.78 is 78.3. The van der Waals surface area contributed by atoms with Crippen LogP contribution in [0.25, 0.3) is 11.1 Å². The molecule has 0 radical (unpaired) electrons. The number of rotatable bonds is 6. The van der Waals surface area contributed by atoms with E-state index in [0.29, 0.717) is 0 Å². The van der Waals surface area contributed by atoms with Crippen molar-refractivity contribution < 1.29 is 41.0 Å². The van der Waals surface area contributed by atoms with Gasteiger partial charge in [-0.1, -0.05) is 54.6 Å². The van der Waals surface area contributed by atoms with E-state index >= 15 is 0 Å². The maximum absolute atomic E-state index is 14.0. The molecule has 4 N–H and O–H groups in total. The molecule has 1 aliphatic rings. The minimum absolute atomic E-state index is 0.0135. The van der Waals surface area contributed by atoms with Crippen LogP contribution in [0.3, 0.4) is 0 Å². The quantitative estimate of drug-likeness (QED) is 0.0796. The minimum Gasteiger partial charge on any atom is -0.461 e. The van der Waals surface area contributed by atoms with Crippen LogP contribution < -0.4 is 16.2 Å². The first-order valence-electron chi connectivity index (χ1n) is 11.8. The molecule has 0 saturated carbocycles. The van der Waals surface area contributed by atoms with E-state index in [-0.39, 0.29) is 35.0 Å².